The molecule has 0 amide bonds. The molecule has 0 aliphatic carbocycles. The van der Waals surface area contributed by atoms with Crippen molar-refractivity contribution in [2.24, 2.45) is 5.92 Å². The van der Waals surface area contributed by atoms with Crippen LogP contribution in [0.5, 0.6) is 5.75 Å². The zero-order valence-corrected chi connectivity index (χ0v) is 12.0. The predicted octanol–water partition coefficient (Wildman–Crippen LogP) is 3.88. The molecule has 0 saturated heterocycles. The molecule has 0 saturated carbocycles. The van der Waals surface area contributed by atoms with Gasteiger partial charge in [0.15, 0.2) is 5.75 Å². The van der Waals surface area contributed by atoms with Crippen LogP contribution in [0.3, 0.4) is 0 Å². The largest absolute Gasteiger partial charge is 0.504 e. The van der Waals surface area contributed by atoms with Gasteiger partial charge in [0.2, 0.25) is 0 Å². The summed E-state index contributed by atoms with van der Waals surface area (Å²) in [7, 11) is 0. The summed E-state index contributed by atoms with van der Waals surface area (Å²) in [4.78, 5) is 0. The second kappa shape index (κ2) is 5.56. The van der Waals surface area contributed by atoms with Gasteiger partial charge in [-0.2, -0.15) is 5.10 Å². The van der Waals surface area contributed by atoms with E-state index < -0.39 is 0 Å². The second-order valence-electron chi connectivity index (χ2n) is 5.63. The molecule has 0 spiro atoms. The highest BCUT2D eigenvalue weighted by Gasteiger charge is 2.22. The molecule has 0 aliphatic rings. The lowest BCUT2D eigenvalue weighted by molar-refractivity contribution is 0.437. The maximum Gasteiger partial charge on any atom is 0.160 e. The lowest BCUT2D eigenvalue weighted by Gasteiger charge is -2.15. The van der Waals surface area contributed by atoms with Crippen molar-refractivity contribution in [3.05, 3.63) is 11.4 Å². The van der Waals surface area contributed by atoms with Crippen LogP contribution in [-0.4, -0.2) is 14.9 Å². The van der Waals surface area contributed by atoms with Crippen molar-refractivity contribution in [3.8, 4) is 5.75 Å². The summed E-state index contributed by atoms with van der Waals surface area (Å²) in [5, 5.41) is 14.9. The molecule has 0 aromatic carbocycles. The van der Waals surface area contributed by atoms with E-state index in [9.17, 15) is 5.11 Å². The van der Waals surface area contributed by atoms with Gasteiger partial charge in [0.1, 0.15) is 5.69 Å². The highest BCUT2D eigenvalue weighted by Crippen LogP contribution is 2.33. The van der Waals surface area contributed by atoms with Crippen molar-refractivity contribution in [1.82, 2.24) is 9.78 Å². The number of aromatic hydroxyl groups is 1. The quantitative estimate of drug-likeness (QED) is 0.845. The third-order valence-electron chi connectivity index (χ3n) is 3.16. The van der Waals surface area contributed by atoms with E-state index in [0.717, 1.165) is 24.2 Å². The fraction of sp³-hybridized carbons (Fsp3) is 0.786. The van der Waals surface area contributed by atoms with E-state index in [1.807, 2.05) is 4.68 Å². The van der Waals surface area contributed by atoms with E-state index in [2.05, 4.69) is 46.6 Å². The fourth-order valence-electron chi connectivity index (χ4n) is 2.06. The molecule has 0 aliphatic heterocycles. The van der Waals surface area contributed by atoms with E-state index in [0.29, 0.717) is 23.6 Å². The molecule has 3 heteroatoms. The van der Waals surface area contributed by atoms with Crippen LogP contribution < -0.4 is 0 Å². The Kier molecular flexibility index (Phi) is 4.61. The zero-order valence-electron chi connectivity index (χ0n) is 12.0. The smallest absolute Gasteiger partial charge is 0.160 e. The summed E-state index contributed by atoms with van der Waals surface area (Å²) in [6.07, 6.45) is 1.86. The van der Waals surface area contributed by atoms with Crippen molar-refractivity contribution in [2.45, 2.75) is 66.3 Å². The molecule has 1 atom stereocenters. The summed E-state index contributed by atoms with van der Waals surface area (Å²) >= 11 is 0. The molecule has 0 fully saturated rings. The van der Waals surface area contributed by atoms with Gasteiger partial charge in [-0.05, 0) is 32.6 Å². The first-order valence-electron chi connectivity index (χ1n) is 6.68. The predicted molar refractivity (Wildman–Crippen MR) is 71.5 cm³/mol. The minimum absolute atomic E-state index is 0.297. The molecule has 1 aromatic heterocycles. The molecule has 1 aromatic rings. The maximum absolute atomic E-state index is 10.3. The summed E-state index contributed by atoms with van der Waals surface area (Å²) < 4.78 is 1.99. The third kappa shape index (κ3) is 3.02. The van der Waals surface area contributed by atoms with Crippen LogP contribution in [0.25, 0.3) is 0 Å². The van der Waals surface area contributed by atoms with Crippen LogP contribution in [-0.2, 0) is 6.42 Å². The third-order valence-corrected chi connectivity index (χ3v) is 3.16. The average Bonchev–Trinajstić information content (AvgIpc) is 2.55. The Balaban J connectivity index is 3.20. The molecule has 1 heterocycles. The monoisotopic (exact) mass is 238 g/mol. The lowest BCUT2D eigenvalue weighted by Crippen LogP contribution is -2.10. The van der Waals surface area contributed by atoms with E-state index in [1.165, 1.54) is 0 Å². The van der Waals surface area contributed by atoms with E-state index in [1.54, 1.807) is 0 Å². The van der Waals surface area contributed by atoms with Crippen LogP contribution in [0, 0.1) is 5.92 Å². The Morgan fingerprint density at radius 2 is 1.76 bits per heavy atom. The fourth-order valence-corrected chi connectivity index (χ4v) is 2.06. The van der Waals surface area contributed by atoms with Crippen LogP contribution in [0.4, 0.5) is 0 Å². The van der Waals surface area contributed by atoms with Crippen molar-refractivity contribution in [2.75, 3.05) is 0 Å². The number of hydrogen-bond acceptors (Lipinski definition) is 2. The van der Waals surface area contributed by atoms with Gasteiger partial charge in [-0.15, -0.1) is 0 Å². The highest BCUT2D eigenvalue weighted by molar-refractivity contribution is 5.35. The van der Waals surface area contributed by atoms with Crippen molar-refractivity contribution in [3.63, 3.8) is 0 Å². The Labute approximate surface area is 105 Å². The van der Waals surface area contributed by atoms with Crippen molar-refractivity contribution in [1.29, 1.82) is 0 Å². The summed E-state index contributed by atoms with van der Waals surface area (Å²) in [6, 6.07) is 0.297. The normalized spacial score (nSPS) is 13.6. The Bertz CT molecular complexity index is 367. The van der Waals surface area contributed by atoms with E-state index in [-0.39, 0.29) is 0 Å². The van der Waals surface area contributed by atoms with Crippen molar-refractivity contribution >= 4 is 0 Å². The summed E-state index contributed by atoms with van der Waals surface area (Å²) in [5.41, 5.74) is 1.85. The number of rotatable bonds is 5. The molecule has 1 N–H and O–H groups in total. The van der Waals surface area contributed by atoms with Gasteiger partial charge in [-0.25, -0.2) is 0 Å². The second-order valence-corrected chi connectivity index (χ2v) is 5.63. The molecule has 0 bridgehead atoms. The lowest BCUT2D eigenvalue weighted by atomic mass is 10.0. The number of aromatic nitrogens is 2. The Morgan fingerprint density at radius 1 is 1.18 bits per heavy atom. The first kappa shape index (κ1) is 14.1. The minimum Gasteiger partial charge on any atom is -0.504 e. The number of nitrogens with zero attached hydrogens (tertiary/aromatic N) is 2. The van der Waals surface area contributed by atoms with Crippen molar-refractivity contribution < 1.29 is 5.11 Å². The standard InChI is InChI=1S/C14H26N2O/c1-7-11(6)13-14(17)12(8-9(2)3)15-16(13)10(4)5/h9-11,17H,7-8H2,1-6H3. The molecule has 17 heavy (non-hydrogen) atoms. The Hall–Kier alpha value is -0.990. The van der Waals surface area contributed by atoms with Gasteiger partial charge in [-0.3, -0.25) is 4.68 Å². The molecule has 98 valence electrons. The maximum atomic E-state index is 10.3. The average molecular weight is 238 g/mol. The zero-order chi connectivity index (χ0) is 13.2. The molecular weight excluding hydrogens is 212 g/mol. The summed E-state index contributed by atoms with van der Waals surface area (Å²) in [5.74, 6) is 1.29. The van der Waals surface area contributed by atoms with Gasteiger partial charge in [0.05, 0.1) is 5.69 Å². The van der Waals surface area contributed by atoms with Gasteiger partial charge >= 0.3 is 0 Å². The molecular formula is C14H26N2O. The van der Waals surface area contributed by atoms with Crippen LogP contribution in [0.1, 0.15) is 71.3 Å². The van der Waals surface area contributed by atoms with Crippen LogP contribution in [0.2, 0.25) is 0 Å². The van der Waals surface area contributed by atoms with Gasteiger partial charge in [-0.1, -0.05) is 27.7 Å². The highest BCUT2D eigenvalue weighted by atomic mass is 16.3. The SMILES string of the molecule is CCC(C)c1c(O)c(CC(C)C)nn1C(C)C. The van der Waals surface area contributed by atoms with Gasteiger partial charge in [0.25, 0.3) is 0 Å². The van der Waals surface area contributed by atoms with Gasteiger partial charge < -0.3 is 5.11 Å². The first-order chi connectivity index (χ1) is 7.88. The molecule has 0 radical (unpaired) electrons. The summed E-state index contributed by atoms with van der Waals surface area (Å²) in [6.45, 7) is 12.8. The van der Waals surface area contributed by atoms with E-state index in [4.69, 9.17) is 0 Å². The Morgan fingerprint density at radius 3 is 2.18 bits per heavy atom. The van der Waals surface area contributed by atoms with Gasteiger partial charge in [0, 0.05) is 12.0 Å². The molecule has 3 nitrogen and oxygen atoms in total. The number of hydrogen-bond donors (Lipinski definition) is 1. The minimum atomic E-state index is 0.297. The van der Waals surface area contributed by atoms with Crippen LogP contribution >= 0.6 is 0 Å². The first-order valence-corrected chi connectivity index (χ1v) is 6.68. The molecule has 1 unspecified atom stereocenters. The van der Waals surface area contributed by atoms with Crippen LogP contribution in [0.15, 0.2) is 0 Å². The van der Waals surface area contributed by atoms with E-state index >= 15 is 0 Å². The molecule has 1 rings (SSSR count). The topological polar surface area (TPSA) is 38.1 Å².